The molecule has 2 heterocycles. The van der Waals surface area contributed by atoms with E-state index in [1.165, 1.54) is 148 Å². The van der Waals surface area contributed by atoms with Gasteiger partial charge in [0.25, 0.3) is 0 Å². The average molecular weight is 805 g/mol. The first-order chi connectivity index (χ1) is 26.5. The van der Waals surface area contributed by atoms with Gasteiger partial charge in [0.2, 0.25) is 5.69 Å². The van der Waals surface area contributed by atoms with Crippen LogP contribution in [0.3, 0.4) is 0 Å². The molecule has 300 valence electrons. The van der Waals surface area contributed by atoms with Crippen molar-refractivity contribution in [2.75, 3.05) is 18.0 Å². The van der Waals surface area contributed by atoms with E-state index in [-0.39, 0.29) is 10.8 Å². The molecule has 0 saturated carbocycles. The van der Waals surface area contributed by atoms with Gasteiger partial charge in [0.05, 0.1) is 5.41 Å². The topological polar surface area (TPSA) is 6.25 Å². The normalized spacial score (nSPS) is 19.1. The second-order valence-electron chi connectivity index (χ2n) is 17.5. The Morgan fingerprint density at radius 3 is 1.87 bits per heavy atom. The number of nitrogens with zero attached hydrogens (tertiary/aromatic N) is 2. The summed E-state index contributed by atoms with van der Waals surface area (Å²) in [5, 5.41) is 2.52. The second kappa shape index (κ2) is 20.9. The maximum atomic E-state index is 7.34. The van der Waals surface area contributed by atoms with Crippen molar-refractivity contribution in [3.05, 3.63) is 104 Å². The Morgan fingerprint density at radius 1 is 0.636 bits per heavy atom. The van der Waals surface area contributed by atoms with Crippen molar-refractivity contribution >= 4 is 51.9 Å². The molecule has 0 bridgehead atoms. The van der Waals surface area contributed by atoms with E-state index in [1.807, 2.05) is 12.1 Å². The number of halogens is 3. The monoisotopic (exact) mass is 803 g/mol. The molecule has 3 aliphatic rings. The van der Waals surface area contributed by atoms with E-state index in [0.29, 0.717) is 0 Å². The van der Waals surface area contributed by atoms with E-state index in [4.69, 9.17) is 34.8 Å². The molecule has 0 radical (unpaired) electrons. The number of allylic oxidation sites excluding steroid dienone is 8. The zero-order valence-corrected chi connectivity index (χ0v) is 37.4. The zero-order chi connectivity index (χ0) is 39.4. The summed E-state index contributed by atoms with van der Waals surface area (Å²) in [5.41, 5.74) is 10.1. The van der Waals surface area contributed by atoms with Crippen LogP contribution < -0.4 is 4.90 Å². The number of anilines is 1. The van der Waals surface area contributed by atoms with Crippen LogP contribution in [0.2, 0.25) is 10.0 Å². The Morgan fingerprint density at radius 2 is 1.22 bits per heavy atom. The highest BCUT2D eigenvalue weighted by molar-refractivity contribution is 6.33. The van der Waals surface area contributed by atoms with Crippen molar-refractivity contribution < 1.29 is 4.58 Å². The van der Waals surface area contributed by atoms with Crippen LogP contribution in [0.5, 0.6) is 0 Å². The number of unbranched alkanes of at least 4 members (excludes halogenated alkanes) is 14. The van der Waals surface area contributed by atoms with Crippen molar-refractivity contribution in [1.82, 2.24) is 0 Å². The van der Waals surface area contributed by atoms with E-state index in [1.54, 1.807) is 0 Å². The molecule has 2 nitrogen and oxygen atoms in total. The van der Waals surface area contributed by atoms with Crippen LogP contribution in [0.1, 0.15) is 175 Å². The summed E-state index contributed by atoms with van der Waals surface area (Å²) in [7, 11) is 0. The van der Waals surface area contributed by atoms with Crippen molar-refractivity contribution in [1.29, 1.82) is 0 Å². The highest BCUT2D eigenvalue weighted by atomic mass is 35.5. The van der Waals surface area contributed by atoms with Crippen LogP contribution in [0.4, 0.5) is 11.4 Å². The Hall–Kier alpha value is -2.26. The minimum Gasteiger partial charge on any atom is -0.344 e. The third-order valence-corrected chi connectivity index (χ3v) is 13.5. The number of benzene rings is 2. The SMILES string of the molecule is CCCCCCCCCCN1/C(=C/C=C2\CCCC(/C=C/C3=[N+](CCCCCCCCCC)c4ccc(Cl)cc4C3(C)C)=C2Cl)C(C)(C)c2cc(Cl)ccc21. The summed E-state index contributed by atoms with van der Waals surface area (Å²) in [6.45, 7) is 16.0. The summed E-state index contributed by atoms with van der Waals surface area (Å²) in [6, 6.07) is 12.9. The van der Waals surface area contributed by atoms with Crippen molar-refractivity contribution in [3.63, 3.8) is 0 Å². The number of hydrogen-bond acceptors (Lipinski definition) is 1. The fraction of sp³-hybridized carbons (Fsp3) is 0.580. The minimum absolute atomic E-state index is 0.147. The minimum atomic E-state index is -0.147. The lowest BCUT2D eigenvalue weighted by Gasteiger charge is -2.27. The summed E-state index contributed by atoms with van der Waals surface area (Å²) in [4.78, 5) is 2.56. The molecular weight excluding hydrogens is 735 g/mol. The van der Waals surface area contributed by atoms with E-state index in [2.05, 4.69) is 99.6 Å². The molecule has 2 aliphatic heterocycles. The molecule has 2 aromatic carbocycles. The molecule has 0 unspecified atom stereocenters. The molecule has 5 rings (SSSR count). The molecule has 0 saturated heterocycles. The van der Waals surface area contributed by atoms with Gasteiger partial charge in [-0.3, -0.25) is 0 Å². The molecule has 0 atom stereocenters. The van der Waals surface area contributed by atoms with Gasteiger partial charge < -0.3 is 4.90 Å². The first kappa shape index (κ1) is 43.9. The molecule has 2 aromatic rings. The molecule has 0 fully saturated rings. The molecule has 0 spiro atoms. The molecular formula is C50H70Cl3N2+. The molecule has 55 heavy (non-hydrogen) atoms. The number of hydrogen-bond donors (Lipinski definition) is 0. The third kappa shape index (κ3) is 11.0. The van der Waals surface area contributed by atoms with E-state index in [9.17, 15) is 0 Å². The number of rotatable bonds is 21. The van der Waals surface area contributed by atoms with Crippen molar-refractivity contribution in [2.45, 2.75) is 174 Å². The van der Waals surface area contributed by atoms with Crippen LogP contribution in [0, 0.1) is 0 Å². The molecule has 0 N–H and O–H groups in total. The van der Waals surface area contributed by atoms with Crippen LogP contribution in [0.15, 0.2) is 82.6 Å². The highest BCUT2D eigenvalue weighted by Crippen LogP contribution is 2.49. The second-order valence-corrected chi connectivity index (χ2v) is 18.7. The quantitative estimate of drug-likeness (QED) is 0.0900. The standard InChI is InChI=1S/C50H70Cl3N2/c1-7-9-11-13-15-17-19-21-34-54-44-30-28-40(51)36-42(44)49(3,4)46(54)32-26-38-24-23-25-39(48(38)53)27-33-47-50(5,6)43-37-41(52)29-31-45(43)55(47)35-22-20-18-16-14-12-10-8-2/h26-33,36-37H,7-25,34-35H2,1-6H3/q+1. The first-order valence-corrected chi connectivity index (χ1v) is 23.1. The molecule has 0 aromatic heterocycles. The predicted molar refractivity (Wildman–Crippen MR) is 243 cm³/mol. The lowest BCUT2D eigenvalue weighted by molar-refractivity contribution is -0.438. The fourth-order valence-electron chi connectivity index (χ4n) is 9.15. The Balaban J connectivity index is 1.36. The van der Waals surface area contributed by atoms with Crippen LogP contribution >= 0.6 is 34.8 Å². The van der Waals surface area contributed by atoms with Gasteiger partial charge in [0.1, 0.15) is 6.54 Å². The lowest BCUT2D eigenvalue weighted by Crippen LogP contribution is -2.28. The van der Waals surface area contributed by atoms with Crippen molar-refractivity contribution in [2.24, 2.45) is 0 Å². The summed E-state index contributed by atoms with van der Waals surface area (Å²) >= 11 is 20.5. The van der Waals surface area contributed by atoms with Crippen LogP contribution in [-0.4, -0.2) is 23.4 Å². The predicted octanol–water partition coefficient (Wildman–Crippen LogP) is 16.5. The van der Waals surface area contributed by atoms with Crippen LogP contribution in [-0.2, 0) is 10.8 Å². The fourth-order valence-corrected chi connectivity index (χ4v) is 9.81. The molecule has 1 aliphatic carbocycles. The maximum Gasteiger partial charge on any atom is 0.209 e. The van der Waals surface area contributed by atoms with Crippen molar-refractivity contribution in [3.8, 4) is 0 Å². The summed E-state index contributed by atoms with van der Waals surface area (Å²) in [6.07, 6.45) is 33.6. The number of fused-ring (bicyclic) bond motifs is 2. The smallest absolute Gasteiger partial charge is 0.209 e. The van der Waals surface area contributed by atoms with E-state index >= 15 is 0 Å². The summed E-state index contributed by atoms with van der Waals surface area (Å²) in [5.74, 6) is 0. The first-order valence-electron chi connectivity index (χ1n) is 22.0. The Kier molecular flexibility index (Phi) is 16.7. The molecule has 0 amide bonds. The third-order valence-electron chi connectivity index (χ3n) is 12.5. The van der Waals surface area contributed by atoms with Gasteiger partial charge in [-0.2, -0.15) is 4.58 Å². The zero-order valence-electron chi connectivity index (χ0n) is 35.2. The van der Waals surface area contributed by atoms with Gasteiger partial charge in [-0.05, 0) is 99.1 Å². The molecule has 5 heteroatoms. The van der Waals surface area contributed by atoms with Gasteiger partial charge in [0.15, 0.2) is 5.71 Å². The van der Waals surface area contributed by atoms with E-state index in [0.717, 1.165) is 47.4 Å². The van der Waals surface area contributed by atoms with Gasteiger partial charge in [-0.15, -0.1) is 0 Å². The van der Waals surface area contributed by atoms with Gasteiger partial charge in [-0.1, -0.05) is 158 Å². The van der Waals surface area contributed by atoms with Gasteiger partial charge in [0, 0.05) is 62.5 Å². The largest absolute Gasteiger partial charge is 0.344 e. The average Bonchev–Trinajstić information content (AvgIpc) is 3.49. The van der Waals surface area contributed by atoms with Gasteiger partial charge in [-0.25, -0.2) is 0 Å². The van der Waals surface area contributed by atoms with Crippen LogP contribution in [0.25, 0.3) is 0 Å². The Bertz CT molecular complexity index is 1750. The Labute approximate surface area is 350 Å². The summed E-state index contributed by atoms with van der Waals surface area (Å²) < 4.78 is 2.56. The highest BCUT2D eigenvalue weighted by Gasteiger charge is 2.44. The van der Waals surface area contributed by atoms with E-state index < -0.39 is 0 Å². The lowest BCUT2D eigenvalue weighted by atomic mass is 9.81. The maximum absolute atomic E-state index is 7.34. The van der Waals surface area contributed by atoms with Gasteiger partial charge >= 0.3 is 0 Å².